The molecule has 0 bridgehead atoms. The maximum absolute atomic E-state index is 10.9. The molecule has 0 radical (unpaired) electrons. The van der Waals surface area contributed by atoms with Gasteiger partial charge in [-0.2, -0.15) is 0 Å². The van der Waals surface area contributed by atoms with Crippen LogP contribution in [0.2, 0.25) is 0 Å². The monoisotopic (exact) mass is 376 g/mol. The summed E-state index contributed by atoms with van der Waals surface area (Å²) in [4.78, 5) is 15.5. The Morgan fingerprint density at radius 3 is 2.50 bits per heavy atom. The van der Waals surface area contributed by atoms with Crippen molar-refractivity contribution in [3.8, 4) is 22.7 Å². The molecule has 144 valence electrons. The van der Waals surface area contributed by atoms with Crippen LogP contribution in [-0.2, 0) is 17.6 Å². The predicted octanol–water partition coefficient (Wildman–Crippen LogP) is 4.50. The molecule has 2 heterocycles. The van der Waals surface area contributed by atoms with Crippen LogP contribution in [0.1, 0.15) is 35.4 Å². The minimum Gasteiger partial charge on any atom is -0.482 e. The number of rotatable bonds is 5. The van der Waals surface area contributed by atoms with Crippen LogP contribution in [-0.4, -0.2) is 27.2 Å². The van der Waals surface area contributed by atoms with Gasteiger partial charge in [-0.25, -0.2) is 9.78 Å². The summed E-state index contributed by atoms with van der Waals surface area (Å²) in [7, 11) is 0. The fourth-order valence-corrected chi connectivity index (χ4v) is 4.12. The number of carboxylic acid groups (broad SMARTS) is 1. The average Bonchev–Trinajstić information content (AvgIpc) is 3.04. The van der Waals surface area contributed by atoms with E-state index in [4.69, 9.17) is 9.84 Å². The first-order chi connectivity index (χ1) is 13.5. The van der Waals surface area contributed by atoms with Crippen LogP contribution < -0.4 is 4.74 Å². The first-order valence-corrected chi connectivity index (χ1v) is 9.65. The summed E-state index contributed by atoms with van der Waals surface area (Å²) in [5.74, 6) is 0.658. The highest BCUT2D eigenvalue weighted by Gasteiger charge is 2.20. The second-order valence-electron chi connectivity index (χ2n) is 7.31. The zero-order valence-corrected chi connectivity index (χ0v) is 16.2. The van der Waals surface area contributed by atoms with Gasteiger partial charge < -0.3 is 14.4 Å². The molecule has 4 rings (SSSR count). The number of hydrogen-bond acceptors (Lipinski definition) is 3. The first kappa shape index (κ1) is 18.3. The number of nitrogens with zero attached hydrogens (tertiary/aromatic N) is 2. The van der Waals surface area contributed by atoms with Crippen molar-refractivity contribution in [1.82, 2.24) is 9.55 Å². The number of benzene rings is 1. The van der Waals surface area contributed by atoms with Crippen molar-refractivity contribution < 1.29 is 14.6 Å². The SMILES string of the molecule is Cc1ccc(C)n1-c1cc(-c2ccc(OCC(=O)O)c3c2CCCC3)ccn1. The molecule has 0 amide bonds. The molecule has 0 atom stereocenters. The number of aliphatic carboxylic acids is 1. The van der Waals surface area contributed by atoms with Gasteiger partial charge in [0.15, 0.2) is 6.61 Å². The summed E-state index contributed by atoms with van der Waals surface area (Å²) in [6.45, 7) is 3.85. The molecule has 3 aromatic rings. The van der Waals surface area contributed by atoms with Crippen LogP contribution in [0.25, 0.3) is 16.9 Å². The summed E-state index contributed by atoms with van der Waals surface area (Å²) in [6, 6.07) is 12.3. The van der Waals surface area contributed by atoms with E-state index >= 15 is 0 Å². The van der Waals surface area contributed by atoms with Crippen LogP contribution in [0.3, 0.4) is 0 Å². The lowest BCUT2D eigenvalue weighted by atomic mass is 9.85. The third-order valence-corrected chi connectivity index (χ3v) is 5.40. The van der Waals surface area contributed by atoms with Crippen molar-refractivity contribution in [1.29, 1.82) is 0 Å². The van der Waals surface area contributed by atoms with Crippen molar-refractivity contribution >= 4 is 5.97 Å². The molecular weight excluding hydrogens is 352 g/mol. The van der Waals surface area contributed by atoms with E-state index in [-0.39, 0.29) is 6.61 Å². The molecule has 0 saturated carbocycles. The van der Waals surface area contributed by atoms with Gasteiger partial charge in [0, 0.05) is 17.6 Å². The second-order valence-corrected chi connectivity index (χ2v) is 7.31. The number of pyridine rings is 1. The Balaban J connectivity index is 1.78. The Labute approximate surface area is 164 Å². The van der Waals surface area contributed by atoms with E-state index in [1.54, 1.807) is 0 Å². The zero-order valence-electron chi connectivity index (χ0n) is 16.2. The predicted molar refractivity (Wildman–Crippen MR) is 108 cm³/mol. The Morgan fingerprint density at radius 2 is 1.79 bits per heavy atom. The number of ether oxygens (including phenoxy) is 1. The van der Waals surface area contributed by atoms with E-state index in [1.807, 2.05) is 18.3 Å². The smallest absolute Gasteiger partial charge is 0.341 e. The van der Waals surface area contributed by atoms with E-state index in [0.717, 1.165) is 54.0 Å². The van der Waals surface area contributed by atoms with Gasteiger partial charge in [-0.15, -0.1) is 0 Å². The van der Waals surface area contributed by atoms with Crippen LogP contribution in [0, 0.1) is 13.8 Å². The zero-order chi connectivity index (χ0) is 19.7. The Morgan fingerprint density at radius 1 is 1.07 bits per heavy atom. The lowest BCUT2D eigenvalue weighted by Gasteiger charge is -2.23. The molecule has 1 N–H and O–H groups in total. The van der Waals surface area contributed by atoms with Crippen molar-refractivity contribution in [3.63, 3.8) is 0 Å². The highest BCUT2D eigenvalue weighted by molar-refractivity contribution is 5.73. The van der Waals surface area contributed by atoms with E-state index in [1.165, 1.54) is 11.1 Å². The fraction of sp³-hybridized carbons (Fsp3) is 0.304. The highest BCUT2D eigenvalue weighted by atomic mass is 16.5. The van der Waals surface area contributed by atoms with E-state index in [2.05, 4.69) is 47.7 Å². The Bertz CT molecular complexity index is 1020. The van der Waals surface area contributed by atoms with Crippen molar-refractivity contribution in [2.24, 2.45) is 0 Å². The van der Waals surface area contributed by atoms with Crippen molar-refractivity contribution in [2.75, 3.05) is 6.61 Å². The van der Waals surface area contributed by atoms with Gasteiger partial charge in [0.05, 0.1) is 0 Å². The Hall–Kier alpha value is -3.08. The lowest BCUT2D eigenvalue weighted by Crippen LogP contribution is -2.13. The van der Waals surface area contributed by atoms with Crippen LogP contribution in [0.5, 0.6) is 5.75 Å². The molecule has 0 saturated heterocycles. The summed E-state index contributed by atoms with van der Waals surface area (Å²) in [5.41, 5.74) is 7.04. The maximum Gasteiger partial charge on any atom is 0.341 e. The van der Waals surface area contributed by atoms with Crippen LogP contribution in [0.15, 0.2) is 42.6 Å². The number of hydrogen-bond donors (Lipinski definition) is 1. The maximum atomic E-state index is 10.9. The second kappa shape index (κ2) is 7.50. The molecule has 28 heavy (non-hydrogen) atoms. The van der Waals surface area contributed by atoms with Crippen molar-refractivity contribution in [2.45, 2.75) is 39.5 Å². The minimum absolute atomic E-state index is 0.308. The van der Waals surface area contributed by atoms with Gasteiger partial charge in [0.2, 0.25) is 0 Å². The van der Waals surface area contributed by atoms with Crippen LogP contribution in [0.4, 0.5) is 0 Å². The molecule has 0 fully saturated rings. The molecular formula is C23H24N2O3. The molecule has 5 heteroatoms. The van der Waals surface area contributed by atoms with E-state index in [9.17, 15) is 4.79 Å². The van der Waals surface area contributed by atoms with Crippen LogP contribution >= 0.6 is 0 Å². The molecule has 1 aliphatic rings. The number of fused-ring (bicyclic) bond motifs is 1. The summed E-state index contributed by atoms with van der Waals surface area (Å²) in [6.07, 6.45) is 5.99. The third kappa shape index (κ3) is 3.40. The molecule has 5 nitrogen and oxygen atoms in total. The first-order valence-electron chi connectivity index (χ1n) is 9.65. The number of carbonyl (C=O) groups is 1. The Kier molecular flexibility index (Phi) is 4.90. The molecule has 0 aliphatic heterocycles. The quantitative estimate of drug-likeness (QED) is 0.712. The van der Waals surface area contributed by atoms with E-state index in [0.29, 0.717) is 5.75 Å². The fourth-order valence-electron chi connectivity index (χ4n) is 4.12. The highest BCUT2D eigenvalue weighted by Crippen LogP contribution is 2.37. The average molecular weight is 376 g/mol. The normalized spacial score (nSPS) is 13.2. The number of aryl methyl sites for hydroxylation is 2. The lowest BCUT2D eigenvalue weighted by molar-refractivity contribution is -0.139. The summed E-state index contributed by atoms with van der Waals surface area (Å²) >= 11 is 0. The van der Waals surface area contributed by atoms with Gasteiger partial charge in [0.1, 0.15) is 11.6 Å². The largest absolute Gasteiger partial charge is 0.482 e. The van der Waals surface area contributed by atoms with Crippen molar-refractivity contribution in [3.05, 3.63) is 65.1 Å². The molecule has 0 spiro atoms. The molecule has 1 aromatic carbocycles. The molecule has 2 aromatic heterocycles. The summed E-state index contributed by atoms with van der Waals surface area (Å²) in [5, 5.41) is 8.94. The number of carboxylic acids is 1. The van der Waals surface area contributed by atoms with Gasteiger partial charge in [-0.3, -0.25) is 0 Å². The third-order valence-electron chi connectivity index (χ3n) is 5.40. The molecule has 1 aliphatic carbocycles. The minimum atomic E-state index is -0.954. The van der Waals surface area contributed by atoms with Gasteiger partial charge in [-0.05, 0) is 92.1 Å². The standard InChI is InChI=1S/C23H24N2O3/c1-15-7-8-16(2)25(15)22-13-17(11-12-24-22)18-9-10-21(28-14-23(26)27)20-6-4-3-5-19(18)20/h7-13H,3-6,14H2,1-2H3,(H,26,27). The molecule has 0 unspecified atom stereocenters. The number of aromatic nitrogens is 2. The van der Waals surface area contributed by atoms with E-state index < -0.39 is 5.97 Å². The van der Waals surface area contributed by atoms with Gasteiger partial charge in [0.25, 0.3) is 0 Å². The topological polar surface area (TPSA) is 64.3 Å². The summed E-state index contributed by atoms with van der Waals surface area (Å²) < 4.78 is 7.71. The van der Waals surface area contributed by atoms with Gasteiger partial charge in [-0.1, -0.05) is 6.07 Å². The van der Waals surface area contributed by atoms with Gasteiger partial charge >= 0.3 is 5.97 Å².